The number of rotatable bonds is 3. The van der Waals surface area contributed by atoms with E-state index in [1.54, 1.807) is 24.3 Å². The lowest BCUT2D eigenvalue weighted by Gasteiger charge is -2.20. The topological polar surface area (TPSA) is 92.6 Å². The first-order valence-corrected chi connectivity index (χ1v) is 6.89. The molecule has 0 saturated heterocycles. The summed E-state index contributed by atoms with van der Waals surface area (Å²) < 4.78 is 10.4. The number of hydrogen-bond donors (Lipinski definition) is 1. The van der Waals surface area contributed by atoms with Crippen LogP contribution in [0.2, 0.25) is 0 Å². The van der Waals surface area contributed by atoms with E-state index in [2.05, 4.69) is 15.6 Å². The highest BCUT2D eigenvalue weighted by Crippen LogP contribution is 2.13. The van der Waals surface area contributed by atoms with Gasteiger partial charge in [-0.2, -0.15) is 5.01 Å². The summed E-state index contributed by atoms with van der Waals surface area (Å²) in [5.74, 6) is 0.0500. The second-order valence-electron chi connectivity index (χ2n) is 3.87. The van der Waals surface area contributed by atoms with Crippen molar-refractivity contribution in [2.24, 2.45) is 10.2 Å². The fourth-order valence-electron chi connectivity index (χ4n) is 1.42. The van der Waals surface area contributed by atoms with Crippen LogP contribution in [0, 0.1) is 0 Å². The number of hydrazine groups is 1. The molecule has 2 rings (SSSR count). The molecule has 0 atom stereocenters. The lowest BCUT2D eigenvalue weighted by molar-refractivity contribution is -0.131. The summed E-state index contributed by atoms with van der Waals surface area (Å²) >= 11 is 1.85. The Morgan fingerprint density at radius 2 is 2.05 bits per heavy atom. The van der Waals surface area contributed by atoms with Crippen molar-refractivity contribution in [1.82, 2.24) is 10.4 Å². The molecule has 1 aliphatic heterocycles. The van der Waals surface area contributed by atoms with Gasteiger partial charge in [-0.05, 0) is 17.7 Å². The molecule has 0 radical (unpaired) electrons. The van der Waals surface area contributed by atoms with Crippen molar-refractivity contribution in [3.8, 4) is 5.75 Å². The van der Waals surface area contributed by atoms with Crippen LogP contribution >= 0.6 is 22.6 Å². The van der Waals surface area contributed by atoms with Crippen LogP contribution in [0.15, 0.2) is 34.5 Å². The molecule has 0 saturated carbocycles. The minimum absolute atomic E-state index is 0.0818. The largest absolute Gasteiger partial charge is 0.443 e. The van der Waals surface area contributed by atoms with Gasteiger partial charge in [-0.1, -0.05) is 12.1 Å². The monoisotopic (exact) mass is 402 g/mol. The molecule has 0 bridgehead atoms. The lowest BCUT2D eigenvalue weighted by Crippen LogP contribution is -2.45. The van der Waals surface area contributed by atoms with E-state index in [0.717, 1.165) is 10.6 Å². The number of amides is 1. The molecule has 0 spiro atoms. The van der Waals surface area contributed by atoms with Gasteiger partial charge in [-0.25, -0.2) is 4.79 Å². The molecule has 1 N–H and O–H groups in total. The van der Waals surface area contributed by atoms with Crippen LogP contribution in [0.4, 0.5) is 4.79 Å². The highest BCUT2D eigenvalue weighted by atomic mass is 127. The molecule has 9 heteroatoms. The normalized spacial score (nSPS) is 13.2. The first kappa shape index (κ1) is 15.2. The molecule has 0 aliphatic carbocycles. The van der Waals surface area contributed by atoms with E-state index < -0.39 is 6.09 Å². The van der Waals surface area contributed by atoms with E-state index in [9.17, 15) is 9.59 Å². The smallest absolute Gasteiger partial charge is 0.435 e. The van der Waals surface area contributed by atoms with Gasteiger partial charge in [0.15, 0.2) is 0 Å². The van der Waals surface area contributed by atoms with Crippen molar-refractivity contribution >= 4 is 44.8 Å². The number of nitrogens with zero attached hydrogens (tertiary/aromatic N) is 3. The maximum Gasteiger partial charge on any atom is 0.435 e. The number of ether oxygens (including phenoxy) is 2. The van der Waals surface area contributed by atoms with Crippen LogP contribution in [-0.4, -0.2) is 27.3 Å². The molecule has 8 nitrogen and oxygen atoms in total. The van der Waals surface area contributed by atoms with Gasteiger partial charge in [0.1, 0.15) is 18.7 Å². The molecule has 0 unspecified atom stereocenters. The van der Waals surface area contributed by atoms with Crippen LogP contribution in [-0.2, 0) is 16.1 Å². The van der Waals surface area contributed by atoms with Crippen molar-refractivity contribution in [3.05, 3.63) is 29.8 Å². The van der Waals surface area contributed by atoms with Gasteiger partial charge in [-0.3, -0.25) is 10.2 Å². The minimum atomic E-state index is -0.599. The minimum Gasteiger partial charge on any atom is -0.443 e. The fraction of sp³-hybridized carbons (Fsp3) is 0.167. The maximum atomic E-state index is 11.8. The second-order valence-corrected chi connectivity index (χ2v) is 4.84. The third-order valence-corrected chi connectivity index (χ3v) is 3.00. The Bertz CT molecular complexity index is 600. The van der Waals surface area contributed by atoms with Gasteiger partial charge in [0.05, 0.1) is 0 Å². The van der Waals surface area contributed by atoms with E-state index in [4.69, 9.17) is 9.47 Å². The molecule has 1 amide bonds. The molecule has 1 heterocycles. The fourth-order valence-corrected chi connectivity index (χ4v) is 1.88. The molecular weight excluding hydrogens is 391 g/mol. The van der Waals surface area contributed by atoms with Gasteiger partial charge in [-0.15, -0.1) is 10.2 Å². The standard InChI is InChI=1S/C12H11IN4O4/c1-8(18)21-10-4-2-9(3-5-10)6-20-12(19)17-11(13)16-14-7-15-17/h2-5,7H,6H2,1H3,(H,14,15). The van der Waals surface area contributed by atoms with Gasteiger partial charge in [0, 0.05) is 29.5 Å². The third-order valence-electron chi connectivity index (χ3n) is 2.30. The molecule has 0 aromatic heterocycles. The molecule has 110 valence electrons. The molecule has 1 aliphatic rings. The lowest BCUT2D eigenvalue weighted by atomic mass is 10.2. The SMILES string of the molecule is CC(=O)Oc1ccc(COC(=O)N2NC=NN=C2I)cc1. The number of hydrogen-bond acceptors (Lipinski definition) is 7. The number of nitrogens with one attached hydrogen (secondary N) is 1. The Kier molecular flexibility index (Phi) is 5.09. The number of benzene rings is 1. The van der Waals surface area contributed by atoms with E-state index >= 15 is 0 Å². The van der Waals surface area contributed by atoms with Gasteiger partial charge >= 0.3 is 12.1 Å². The number of halogens is 1. The van der Waals surface area contributed by atoms with Crippen LogP contribution in [0.1, 0.15) is 12.5 Å². The van der Waals surface area contributed by atoms with E-state index in [0.29, 0.717) is 9.59 Å². The van der Waals surface area contributed by atoms with Crippen LogP contribution < -0.4 is 10.2 Å². The van der Waals surface area contributed by atoms with Crippen molar-refractivity contribution < 1.29 is 19.1 Å². The molecule has 1 aromatic carbocycles. The Hall–Kier alpha value is -2.17. The van der Waals surface area contributed by atoms with Crippen LogP contribution in [0.5, 0.6) is 5.75 Å². The highest BCUT2D eigenvalue weighted by molar-refractivity contribution is 14.1. The summed E-state index contributed by atoms with van der Waals surface area (Å²) in [6.07, 6.45) is 0.676. The Morgan fingerprint density at radius 1 is 1.33 bits per heavy atom. The summed E-state index contributed by atoms with van der Waals surface area (Å²) in [6, 6.07) is 6.66. The average Bonchev–Trinajstić information content (AvgIpc) is 2.46. The third kappa shape index (κ3) is 4.41. The van der Waals surface area contributed by atoms with Crippen molar-refractivity contribution in [2.45, 2.75) is 13.5 Å². The zero-order chi connectivity index (χ0) is 15.2. The van der Waals surface area contributed by atoms with Crippen LogP contribution in [0.3, 0.4) is 0 Å². The number of amidine groups is 1. The second kappa shape index (κ2) is 7.02. The van der Waals surface area contributed by atoms with Crippen molar-refractivity contribution in [3.63, 3.8) is 0 Å². The predicted molar refractivity (Wildman–Crippen MR) is 82.9 cm³/mol. The average molecular weight is 402 g/mol. The first-order chi connectivity index (χ1) is 10.1. The summed E-state index contributed by atoms with van der Waals surface area (Å²) in [5.41, 5.74) is 3.37. The summed E-state index contributed by atoms with van der Waals surface area (Å²) in [6.45, 7) is 1.41. The number of esters is 1. The molecule has 1 aromatic rings. The van der Waals surface area contributed by atoms with Gasteiger partial charge in [0.25, 0.3) is 0 Å². The molecular formula is C12H11IN4O4. The van der Waals surface area contributed by atoms with Crippen LogP contribution in [0.25, 0.3) is 0 Å². The Labute approximate surface area is 133 Å². The number of carbonyl (C=O) groups is 2. The highest BCUT2D eigenvalue weighted by Gasteiger charge is 2.20. The Balaban J connectivity index is 1.88. The van der Waals surface area contributed by atoms with Crippen molar-refractivity contribution in [2.75, 3.05) is 0 Å². The summed E-state index contributed by atoms with van der Waals surface area (Å²) in [7, 11) is 0. The zero-order valence-electron chi connectivity index (χ0n) is 10.9. The Morgan fingerprint density at radius 3 is 2.67 bits per heavy atom. The van der Waals surface area contributed by atoms with E-state index in [1.807, 2.05) is 22.6 Å². The predicted octanol–water partition coefficient (Wildman–Crippen LogP) is 1.80. The zero-order valence-corrected chi connectivity index (χ0v) is 13.1. The van der Waals surface area contributed by atoms with Gasteiger partial charge in [0.2, 0.25) is 3.84 Å². The van der Waals surface area contributed by atoms with E-state index in [1.165, 1.54) is 13.3 Å². The molecule has 21 heavy (non-hydrogen) atoms. The maximum absolute atomic E-state index is 11.8. The molecule has 0 fully saturated rings. The number of carbonyl (C=O) groups excluding carboxylic acids is 2. The van der Waals surface area contributed by atoms with E-state index in [-0.39, 0.29) is 12.6 Å². The summed E-state index contributed by atoms with van der Waals surface area (Å²) in [4.78, 5) is 22.6. The quantitative estimate of drug-likeness (QED) is 0.360. The first-order valence-electron chi connectivity index (χ1n) is 5.81. The summed E-state index contributed by atoms with van der Waals surface area (Å²) in [5, 5.41) is 8.44. The van der Waals surface area contributed by atoms with Crippen molar-refractivity contribution in [1.29, 1.82) is 0 Å². The van der Waals surface area contributed by atoms with Gasteiger partial charge < -0.3 is 9.47 Å².